The lowest BCUT2D eigenvalue weighted by molar-refractivity contribution is -0.121. The molecule has 1 rings (SSSR count). The van der Waals surface area contributed by atoms with E-state index >= 15 is 0 Å². The van der Waals surface area contributed by atoms with E-state index in [0.717, 1.165) is 19.4 Å². The SMILES string of the molecule is COC1(CNCC(=O)NC(C)C)CCC1. The van der Waals surface area contributed by atoms with Crippen LogP contribution >= 0.6 is 0 Å². The van der Waals surface area contributed by atoms with Crippen molar-refractivity contribution in [1.29, 1.82) is 0 Å². The first kappa shape index (κ1) is 12.5. The summed E-state index contributed by atoms with van der Waals surface area (Å²) in [5.74, 6) is 0.0515. The van der Waals surface area contributed by atoms with Gasteiger partial charge in [-0.15, -0.1) is 0 Å². The predicted molar refractivity (Wildman–Crippen MR) is 59.7 cm³/mol. The normalized spacial score (nSPS) is 18.7. The van der Waals surface area contributed by atoms with Gasteiger partial charge in [0.05, 0.1) is 12.1 Å². The van der Waals surface area contributed by atoms with Crippen LogP contribution in [-0.4, -0.2) is 37.7 Å². The van der Waals surface area contributed by atoms with E-state index in [2.05, 4.69) is 10.6 Å². The zero-order valence-electron chi connectivity index (χ0n) is 9.93. The maximum absolute atomic E-state index is 11.3. The highest BCUT2D eigenvalue weighted by molar-refractivity contribution is 5.78. The molecule has 0 spiro atoms. The van der Waals surface area contributed by atoms with Crippen molar-refractivity contribution >= 4 is 5.91 Å². The van der Waals surface area contributed by atoms with Gasteiger partial charge in [0.1, 0.15) is 0 Å². The third kappa shape index (κ3) is 3.80. The molecule has 4 heteroatoms. The summed E-state index contributed by atoms with van der Waals surface area (Å²) in [6, 6.07) is 0.208. The van der Waals surface area contributed by atoms with E-state index in [1.165, 1.54) is 6.42 Å². The van der Waals surface area contributed by atoms with Gasteiger partial charge in [-0.2, -0.15) is 0 Å². The van der Waals surface area contributed by atoms with Gasteiger partial charge in [0.2, 0.25) is 5.91 Å². The predicted octanol–water partition coefficient (Wildman–Crippen LogP) is 0.670. The first-order valence-corrected chi connectivity index (χ1v) is 5.63. The van der Waals surface area contributed by atoms with Gasteiger partial charge in [0, 0.05) is 19.7 Å². The van der Waals surface area contributed by atoms with E-state index in [1.807, 2.05) is 13.8 Å². The Morgan fingerprint density at radius 1 is 1.47 bits per heavy atom. The number of hydrogen-bond donors (Lipinski definition) is 2. The number of methoxy groups -OCH3 is 1. The lowest BCUT2D eigenvalue weighted by atomic mass is 9.80. The Labute approximate surface area is 91.8 Å². The van der Waals surface area contributed by atoms with Crippen molar-refractivity contribution in [2.75, 3.05) is 20.2 Å². The number of carbonyl (C=O) groups is 1. The molecule has 0 radical (unpaired) electrons. The molecule has 88 valence electrons. The van der Waals surface area contributed by atoms with E-state index < -0.39 is 0 Å². The minimum atomic E-state index is -0.00187. The molecule has 15 heavy (non-hydrogen) atoms. The Hall–Kier alpha value is -0.610. The number of ether oxygens (including phenoxy) is 1. The minimum Gasteiger partial charge on any atom is -0.377 e. The Kier molecular flexibility index (Phi) is 4.54. The molecular weight excluding hydrogens is 192 g/mol. The van der Waals surface area contributed by atoms with Crippen LogP contribution in [0.25, 0.3) is 0 Å². The highest BCUT2D eigenvalue weighted by Gasteiger charge is 2.36. The molecule has 0 aromatic carbocycles. The summed E-state index contributed by atoms with van der Waals surface area (Å²) in [6.07, 6.45) is 3.43. The van der Waals surface area contributed by atoms with E-state index in [0.29, 0.717) is 6.54 Å². The molecule has 0 aromatic heterocycles. The Morgan fingerprint density at radius 2 is 2.13 bits per heavy atom. The van der Waals surface area contributed by atoms with Crippen molar-refractivity contribution in [1.82, 2.24) is 10.6 Å². The van der Waals surface area contributed by atoms with Gasteiger partial charge in [0.25, 0.3) is 0 Å². The van der Waals surface area contributed by atoms with Gasteiger partial charge in [0.15, 0.2) is 0 Å². The van der Waals surface area contributed by atoms with Crippen LogP contribution in [-0.2, 0) is 9.53 Å². The average Bonchev–Trinajstić information content (AvgIpc) is 2.08. The zero-order valence-corrected chi connectivity index (χ0v) is 9.93. The van der Waals surface area contributed by atoms with Crippen LogP contribution in [0.5, 0.6) is 0 Å². The molecule has 4 nitrogen and oxygen atoms in total. The first-order chi connectivity index (χ1) is 7.08. The molecule has 1 aliphatic rings. The summed E-state index contributed by atoms with van der Waals surface area (Å²) in [6.45, 7) is 5.07. The fourth-order valence-corrected chi connectivity index (χ4v) is 1.80. The summed E-state index contributed by atoms with van der Waals surface area (Å²) in [5.41, 5.74) is -0.00187. The van der Waals surface area contributed by atoms with Crippen molar-refractivity contribution in [2.24, 2.45) is 0 Å². The third-order valence-electron chi connectivity index (χ3n) is 2.88. The van der Waals surface area contributed by atoms with E-state index in [4.69, 9.17) is 4.74 Å². The highest BCUT2D eigenvalue weighted by Crippen LogP contribution is 2.34. The number of rotatable bonds is 6. The molecule has 0 heterocycles. The standard InChI is InChI=1S/C11H22N2O2/c1-9(2)13-10(14)7-12-8-11(15-3)5-4-6-11/h9,12H,4-8H2,1-3H3,(H,13,14). The topological polar surface area (TPSA) is 50.4 Å². The van der Waals surface area contributed by atoms with Crippen LogP contribution in [0.4, 0.5) is 0 Å². The molecular formula is C11H22N2O2. The summed E-state index contributed by atoms with van der Waals surface area (Å²) < 4.78 is 5.44. The van der Waals surface area contributed by atoms with Crippen LogP contribution in [0.1, 0.15) is 33.1 Å². The second-order valence-corrected chi connectivity index (χ2v) is 4.57. The van der Waals surface area contributed by atoms with Crippen LogP contribution in [0.2, 0.25) is 0 Å². The molecule has 2 N–H and O–H groups in total. The van der Waals surface area contributed by atoms with Crippen molar-refractivity contribution < 1.29 is 9.53 Å². The van der Waals surface area contributed by atoms with Gasteiger partial charge >= 0.3 is 0 Å². The first-order valence-electron chi connectivity index (χ1n) is 5.63. The number of hydrogen-bond acceptors (Lipinski definition) is 3. The zero-order chi connectivity index (χ0) is 11.3. The van der Waals surface area contributed by atoms with E-state index in [-0.39, 0.29) is 17.6 Å². The lowest BCUT2D eigenvalue weighted by Crippen LogP contribution is -2.50. The van der Waals surface area contributed by atoms with Crippen molar-refractivity contribution in [3.8, 4) is 0 Å². The van der Waals surface area contributed by atoms with Gasteiger partial charge < -0.3 is 15.4 Å². The Bertz CT molecular complexity index is 207. The molecule has 0 aliphatic heterocycles. The number of amides is 1. The van der Waals surface area contributed by atoms with Crippen LogP contribution in [0.15, 0.2) is 0 Å². The smallest absolute Gasteiger partial charge is 0.234 e. The quantitative estimate of drug-likeness (QED) is 0.683. The molecule has 1 aliphatic carbocycles. The lowest BCUT2D eigenvalue weighted by Gasteiger charge is -2.40. The van der Waals surface area contributed by atoms with Gasteiger partial charge in [-0.05, 0) is 33.1 Å². The molecule has 0 saturated heterocycles. The second-order valence-electron chi connectivity index (χ2n) is 4.57. The largest absolute Gasteiger partial charge is 0.377 e. The van der Waals surface area contributed by atoms with Crippen LogP contribution < -0.4 is 10.6 Å². The fourth-order valence-electron chi connectivity index (χ4n) is 1.80. The van der Waals surface area contributed by atoms with E-state index in [1.54, 1.807) is 7.11 Å². The maximum Gasteiger partial charge on any atom is 0.234 e. The van der Waals surface area contributed by atoms with Crippen LogP contribution in [0, 0.1) is 0 Å². The minimum absolute atomic E-state index is 0.00187. The molecule has 1 fully saturated rings. The van der Waals surface area contributed by atoms with Crippen LogP contribution in [0.3, 0.4) is 0 Å². The van der Waals surface area contributed by atoms with Crippen molar-refractivity contribution in [3.05, 3.63) is 0 Å². The maximum atomic E-state index is 11.3. The Morgan fingerprint density at radius 3 is 2.53 bits per heavy atom. The summed E-state index contributed by atoms with van der Waals surface area (Å²) >= 11 is 0. The highest BCUT2D eigenvalue weighted by atomic mass is 16.5. The monoisotopic (exact) mass is 214 g/mol. The van der Waals surface area contributed by atoms with Gasteiger partial charge in [-0.3, -0.25) is 4.79 Å². The number of carbonyl (C=O) groups excluding carboxylic acids is 1. The molecule has 0 bridgehead atoms. The Balaban J connectivity index is 2.12. The summed E-state index contributed by atoms with van der Waals surface area (Å²) in [4.78, 5) is 11.3. The summed E-state index contributed by atoms with van der Waals surface area (Å²) in [5, 5.41) is 5.99. The molecule has 1 saturated carbocycles. The van der Waals surface area contributed by atoms with Gasteiger partial charge in [-0.25, -0.2) is 0 Å². The number of nitrogens with one attached hydrogen (secondary N) is 2. The molecule has 1 amide bonds. The van der Waals surface area contributed by atoms with Gasteiger partial charge in [-0.1, -0.05) is 0 Å². The summed E-state index contributed by atoms with van der Waals surface area (Å²) in [7, 11) is 1.75. The molecule has 0 unspecified atom stereocenters. The second kappa shape index (κ2) is 5.47. The molecule has 0 atom stereocenters. The fraction of sp³-hybridized carbons (Fsp3) is 0.909. The van der Waals surface area contributed by atoms with Crippen molar-refractivity contribution in [3.63, 3.8) is 0 Å². The molecule has 0 aromatic rings. The van der Waals surface area contributed by atoms with E-state index in [9.17, 15) is 4.79 Å². The third-order valence-corrected chi connectivity index (χ3v) is 2.88. The average molecular weight is 214 g/mol. The van der Waals surface area contributed by atoms with Crippen molar-refractivity contribution in [2.45, 2.75) is 44.8 Å².